The van der Waals surface area contributed by atoms with Crippen LogP contribution in [0.1, 0.15) is 19.3 Å². The molecular formula is C11H18N4O2. The van der Waals surface area contributed by atoms with Crippen LogP contribution < -0.4 is 21.5 Å². The largest absolute Gasteiger partial charge is 0.481 e. The first kappa shape index (κ1) is 13.1. The first-order valence-electron chi connectivity index (χ1n) is 5.46. The average molecular weight is 238 g/mol. The zero-order chi connectivity index (χ0) is 12.7. The highest BCUT2D eigenvalue weighted by Gasteiger charge is 2.02. The maximum Gasteiger partial charge on any atom is 0.217 e. The van der Waals surface area contributed by atoms with Gasteiger partial charge in [-0.15, -0.1) is 0 Å². The van der Waals surface area contributed by atoms with Crippen molar-refractivity contribution >= 4 is 17.4 Å². The zero-order valence-electron chi connectivity index (χ0n) is 9.90. The van der Waals surface area contributed by atoms with E-state index in [4.69, 9.17) is 16.2 Å². The first-order chi connectivity index (χ1) is 8.13. The molecule has 6 nitrogen and oxygen atoms in total. The summed E-state index contributed by atoms with van der Waals surface area (Å²) in [7, 11) is 1.55. The van der Waals surface area contributed by atoms with Crippen molar-refractivity contribution in [3.63, 3.8) is 0 Å². The van der Waals surface area contributed by atoms with Gasteiger partial charge in [-0.05, 0) is 18.9 Å². The van der Waals surface area contributed by atoms with E-state index < -0.39 is 0 Å². The van der Waals surface area contributed by atoms with Crippen LogP contribution in [-0.2, 0) is 4.79 Å². The minimum absolute atomic E-state index is 0.274. The van der Waals surface area contributed by atoms with Gasteiger partial charge in [-0.1, -0.05) is 0 Å². The number of amides is 1. The Hall–Kier alpha value is -1.98. The fraction of sp³-hybridized carbons (Fsp3) is 0.455. The Kier molecular flexibility index (Phi) is 5.06. The van der Waals surface area contributed by atoms with Crippen molar-refractivity contribution in [3.8, 4) is 5.88 Å². The van der Waals surface area contributed by atoms with Gasteiger partial charge in [-0.2, -0.15) is 4.98 Å². The number of unbranched alkanes of at least 4 members (excludes halogenated alkanes) is 1. The smallest absolute Gasteiger partial charge is 0.217 e. The number of primary amides is 1. The lowest BCUT2D eigenvalue weighted by atomic mass is 10.2. The molecule has 0 aliphatic heterocycles. The third-order valence-corrected chi connectivity index (χ3v) is 2.25. The molecule has 5 N–H and O–H groups in total. The Balaban J connectivity index is 2.38. The minimum Gasteiger partial charge on any atom is -0.481 e. The molecule has 1 aromatic rings. The maximum absolute atomic E-state index is 10.5. The van der Waals surface area contributed by atoms with Crippen LogP contribution >= 0.6 is 0 Å². The van der Waals surface area contributed by atoms with Crippen LogP contribution in [-0.4, -0.2) is 24.5 Å². The Morgan fingerprint density at radius 3 is 2.88 bits per heavy atom. The van der Waals surface area contributed by atoms with Gasteiger partial charge in [0.15, 0.2) is 5.82 Å². The van der Waals surface area contributed by atoms with E-state index in [-0.39, 0.29) is 5.91 Å². The quantitative estimate of drug-likeness (QED) is 0.608. The number of ether oxygens (including phenoxy) is 1. The van der Waals surface area contributed by atoms with Crippen molar-refractivity contribution in [2.45, 2.75) is 19.3 Å². The molecule has 0 atom stereocenters. The number of carbonyl (C=O) groups is 1. The van der Waals surface area contributed by atoms with Crippen LogP contribution in [0, 0.1) is 0 Å². The highest BCUT2D eigenvalue weighted by molar-refractivity contribution is 5.73. The molecule has 0 aliphatic rings. The van der Waals surface area contributed by atoms with Crippen LogP contribution in [0.2, 0.25) is 0 Å². The molecule has 0 fully saturated rings. The Morgan fingerprint density at radius 2 is 2.24 bits per heavy atom. The Labute approximate surface area is 100 Å². The van der Waals surface area contributed by atoms with Crippen LogP contribution in [0.25, 0.3) is 0 Å². The van der Waals surface area contributed by atoms with Gasteiger partial charge >= 0.3 is 0 Å². The highest BCUT2D eigenvalue weighted by atomic mass is 16.5. The summed E-state index contributed by atoms with van der Waals surface area (Å²) in [5.41, 5.74) is 11.4. The molecule has 1 aromatic heterocycles. The number of aromatic nitrogens is 1. The number of hydrogen-bond donors (Lipinski definition) is 3. The van der Waals surface area contributed by atoms with E-state index in [9.17, 15) is 4.79 Å². The van der Waals surface area contributed by atoms with Crippen molar-refractivity contribution in [1.29, 1.82) is 0 Å². The molecule has 1 rings (SSSR count). The third-order valence-electron chi connectivity index (χ3n) is 2.25. The van der Waals surface area contributed by atoms with E-state index in [1.165, 1.54) is 0 Å². The Morgan fingerprint density at radius 1 is 1.47 bits per heavy atom. The van der Waals surface area contributed by atoms with Gasteiger partial charge in [0, 0.05) is 19.0 Å². The number of nitrogens with two attached hydrogens (primary N) is 2. The lowest BCUT2D eigenvalue weighted by Gasteiger charge is -2.09. The molecule has 17 heavy (non-hydrogen) atoms. The maximum atomic E-state index is 10.5. The number of pyridine rings is 1. The number of rotatable bonds is 7. The number of carbonyl (C=O) groups excluding carboxylic acids is 1. The number of anilines is 2. The summed E-state index contributed by atoms with van der Waals surface area (Å²) in [6.45, 7) is 0.692. The second-order valence-corrected chi connectivity index (χ2v) is 3.64. The number of methoxy groups -OCH3 is 1. The molecule has 1 amide bonds. The molecular weight excluding hydrogens is 220 g/mol. The first-order valence-corrected chi connectivity index (χ1v) is 5.46. The molecule has 0 bridgehead atoms. The van der Waals surface area contributed by atoms with E-state index in [2.05, 4.69) is 10.3 Å². The lowest BCUT2D eigenvalue weighted by molar-refractivity contribution is -0.118. The fourth-order valence-corrected chi connectivity index (χ4v) is 1.34. The molecule has 0 aliphatic carbocycles. The molecule has 0 saturated heterocycles. The van der Waals surface area contributed by atoms with E-state index in [1.54, 1.807) is 19.2 Å². The van der Waals surface area contributed by atoms with E-state index in [1.807, 2.05) is 0 Å². The standard InChI is InChI=1S/C11H18N4O2/c1-17-10-6-5-8(12)11(15-10)14-7-3-2-4-9(13)16/h5-6H,2-4,7,12H2,1H3,(H2,13,16)(H,14,15). The van der Waals surface area contributed by atoms with E-state index in [0.29, 0.717) is 30.4 Å². The van der Waals surface area contributed by atoms with Crippen molar-refractivity contribution < 1.29 is 9.53 Å². The summed E-state index contributed by atoms with van der Waals surface area (Å²) in [6.07, 6.45) is 2.00. The van der Waals surface area contributed by atoms with Crippen molar-refractivity contribution in [1.82, 2.24) is 4.98 Å². The summed E-state index contributed by atoms with van der Waals surface area (Å²) >= 11 is 0. The van der Waals surface area contributed by atoms with Crippen molar-refractivity contribution in [2.75, 3.05) is 24.7 Å². The second kappa shape index (κ2) is 6.57. The minimum atomic E-state index is -0.274. The topological polar surface area (TPSA) is 103 Å². The second-order valence-electron chi connectivity index (χ2n) is 3.64. The summed E-state index contributed by atoms with van der Waals surface area (Å²) in [6, 6.07) is 3.44. The van der Waals surface area contributed by atoms with Crippen molar-refractivity contribution in [2.24, 2.45) is 5.73 Å². The molecule has 0 spiro atoms. The summed E-state index contributed by atoms with van der Waals surface area (Å²) in [4.78, 5) is 14.7. The molecule has 94 valence electrons. The molecule has 0 saturated carbocycles. The number of hydrogen-bond acceptors (Lipinski definition) is 5. The fourth-order valence-electron chi connectivity index (χ4n) is 1.34. The third kappa shape index (κ3) is 4.58. The average Bonchev–Trinajstić information content (AvgIpc) is 2.30. The molecule has 0 aromatic carbocycles. The lowest BCUT2D eigenvalue weighted by Crippen LogP contribution is -2.11. The van der Waals surface area contributed by atoms with Crippen LogP contribution in [0.4, 0.5) is 11.5 Å². The summed E-state index contributed by atoms with van der Waals surface area (Å²) in [5, 5.41) is 3.09. The van der Waals surface area contributed by atoms with Crippen LogP contribution in [0.3, 0.4) is 0 Å². The number of nitrogens with zero attached hydrogens (tertiary/aromatic N) is 1. The molecule has 0 radical (unpaired) electrons. The summed E-state index contributed by atoms with van der Waals surface area (Å²) < 4.78 is 5.00. The van der Waals surface area contributed by atoms with E-state index >= 15 is 0 Å². The van der Waals surface area contributed by atoms with E-state index in [0.717, 1.165) is 12.8 Å². The van der Waals surface area contributed by atoms with Gasteiger partial charge in [-0.3, -0.25) is 4.79 Å². The molecule has 0 unspecified atom stereocenters. The van der Waals surface area contributed by atoms with Gasteiger partial charge in [0.1, 0.15) is 0 Å². The van der Waals surface area contributed by atoms with Crippen LogP contribution in [0.15, 0.2) is 12.1 Å². The van der Waals surface area contributed by atoms with Crippen molar-refractivity contribution in [3.05, 3.63) is 12.1 Å². The highest BCUT2D eigenvalue weighted by Crippen LogP contribution is 2.19. The zero-order valence-corrected chi connectivity index (χ0v) is 9.90. The molecule has 1 heterocycles. The van der Waals surface area contributed by atoms with Gasteiger partial charge in [0.2, 0.25) is 11.8 Å². The number of nitrogen functional groups attached to an aromatic ring is 1. The Bertz CT molecular complexity index is 382. The summed E-state index contributed by atoms with van der Waals surface area (Å²) in [5.74, 6) is 0.839. The van der Waals surface area contributed by atoms with Crippen LogP contribution in [0.5, 0.6) is 5.88 Å². The SMILES string of the molecule is COc1ccc(N)c(NCCCCC(N)=O)n1. The molecule has 6 heteroatoms. The predicted molar refractivity (Wildman–Crippen MR) is 66.7 cm³/mol. The van der Waals surface area contributed by atoms with Gasteiger partial charge in [0.05, 0.1) is 12.8 Å². The number of nitrogens with one attached hydrogen (secondary N) is 1. The van der Waals surface area contributed by atoms with Gasteiger partial charge in [-0.25, -0.2) is 0 Å². The van der Waals surface area contributed by atoms with Gasteiger partial charge in [0.25, 0.3) is 0 Å². The van der Waals surface area contributed by atoms with Gasteiger partial charge < -0.3 is 21.5 Å². The predicted octanol–water partition coefficient (Wildman–Crippen LogP) is 0.740. The monoisotopic (exact) mass is 238 g/mol. The normalized spacial score (nSPS) is 9.94.